The van der Waals surface area contributed by atoms with Gasteiger partial charge >= 0.3 is 0 Å². The maximum absolute atomic E-state index is 10.2. The quantitative estimate of drug-likeness (QED) is 0.744. The van der Waals surface area contributed by atoms with Crippen LogP contribution >= 0.6 is 11.8 Å². The van der Waals surface area contributed by atoms with Crippen molar-refractivity contribution in [3.05, 3.63) is 29.8 Å². The van der Waals surface area contributed by atoms with Crippen LogP contribution in [0.15, 0.2) is 29.2 Å². The Morgan fingerprint density at radius 2 is 1.79 bits per heavy atom. The highest BCUT2D eigenvalue weighted by Gasteiger charge is 2.24. The second-order valence-electron chi connectivity index (χ2n) is 5.65. The average molecular weight is 281 g/mol. The molecule has 1 aromatic carbocycles. The molecule has 1 rings (SSSR count). The third-order valence-corrected chi connectivity index (χ3v) is 5.00. The molecule has 1 aromatic rings. The van der Waals surface area contributed by atoms with Crippen LogP contribution in [0.1, 0.15) is 46.2 Å². The number of hydrogen-bond acceptors (Lipinski definition) is 3. The molecular weight excluding hydrogens is 254 g/mol. The Balaban J connectivity index is 2.58. The number of thioether (sulfide) groups is 1. The van der Waals surface area contributed by atoms with Crippen molar-refractivity contribution in [1.29, 1.82) is 0 Å². The molecule has 3 heteroatoms. The van der Waals surface area contributed by atoms with Gasteiger partial charge in [0.1, 0.15) is 0 Å². The van der Waals surface area contributed by atoms with Gasteiger partial charge in [0.05, 0.1) is 5.60 Å². The maximum atomic E-state index is 10.2. The van der Waals surface area contributed by atoms with E-state index in [4.69, 9.17) is 0 Å². The molecule has 2 nitrogen and oxygen atoms in total. The van der Waals surface area contributed by atoms with Gasteiger partial charge in [-0.25, -0.2) is 0 Å². The minimum Gasteiger partial charge on any atom is -0.389 e. The summed E-state index contributed by atoms with van der Waals surface area (Å²) >= 11 is 1.72. The lowest BCUT2D eigenvalue weighted by Crippen LogP contribution is -2.33. The Labute approximate surface area is 122 Å². The minimum absolute atomic E-state index is 0.271. The van der Waals surface area contributed by atoms with Gasteiger partial charge in [0.15, 0.2) is 0 Å². The lowest BCUT2D eigenvalue weighted by atomic mass is 9.95. The number of benzene rings is 1. The zero-order valence-electron chi connectivity index (χ0n) is 12.7. The lowest BCUT2D eigenvalue weighted by Gasteiger charge is -2.27. The number of nitrogens with one attached hydrogen (secondary N) is 1. The number of rotatable bonds is 7. The predicted octanol–water partition coefficient (Wildman–Crippen LogP) is 3.86. The molecule has 0 saturated heterocycles. The van der Waals surface area contributed by atoms with Crippen molar-refractivity contribution in [3.63, 3.8) is 0 Å². The van der Waals surface area contributed by atoms with Gasteiger partial charge < -0.3 is 10.4 Å². The highest BCUT2D eigenvalue weighted by atomic mass is 32.2. The van der Waals surface area contributed by atoms with E-state index in [1.165, 1.54) is 10.5 Å². The Morgan fingerprint density at radius 3 is 2.26 bits per heavy atom. The van der Waals surface area contributed by atoms with E-state index in [1.54, 1.807) is 11.8 Å². The number of hydrogen-bond donors (Lipinski definition) is 2. The first-order valence-corrected chi connectivity index (χ1v) is 8.04. The number of aliphatic hydroxyl groups is 1. The summed E-state index contributed by atoms with van der Waals surface area (Å²) in [6, 6.07) is 9.01. The summed E-state index contributed by atoms with van der Waals surface area (Å²) in [7, 11) is 0. The van der Waals surface area contributed by atoms with Crippen LogP contribution in [0.5, 0.6) is 0 Å². The summed E-state index contributed by atoms with van der Waals surface area (Å²) in [5.41, 5.74) is 0.697. The molecule has 2 N–H and O–H groups in total. The van der Waals surface area contributed by atoms with Crippen molar-refractivity contribution in [2.75, 3.05) is 12.3 Å². The summed E-state index contributed by atoms with van der Waals surface area (Å²) in [5, 5.41) is 13.6. The van der Waals surface area contributed by atoms with Crippen LogP contribution in [0, 0.1) is 5.92 Å². The van der Waals surface area contributed by atoms with Crippen molar-refractivity contribution >= 4 is 11.8 Å². The zero-order valence-corrected chi connectivity index (χ0v) is 13.6. The van der Waals surface area contributed by atoms with Crippen LogP contribution in [0.4, 0.5) is 0 Å². The standard InChI is InChI=1S/C16H27NOS/c1-6-17-13(4)14-7-9-15(10-8-14)19-11-16(5,18)12(2)3/h7-10,12-13,17-18H,6,11H2,1-5H3. The van der Waals surface area contributed by atoms with Gasteiger partial charge in [-0.15, -0.1) is 11.8 Å². The average Bonchev–Trinajstić information content (AvgIpc) is 2.37. The molecule has 19 heavy (non-hydrogen) atoms. The monoisotopic (exact) mass is 281 g/mol. The van der Waals surface area contributed by atoms with E-state index < -0.39 is 5.60 Å². The van der Waals surface area contributed by atoms with E-state index in [0.717, 1.165) is 12.3 Å². The van der Waals surface area contributed by atoms with Crippen molar-refractivity contribution < 1.29 is 5.11 Å². The second-order valence-corrected chi connectivity index (χ2v) is 6.70. The summed E-state index contributed by atoms with van der Waals surface area (Å²) in [6.07, 6.45) is 0. The Hall–Kier alpha value is -0.510. The highest BCUT2D eigenvalue weighted by Crippen LogP contribution is 2.27. The fourth-order valence-corrected chi connectivity index (χ4v) is 2.79. The first-order chi connectivity index (χ1) is 8.86. The van der Waals surface area contributed by atoms with Crippen LogP contribution in [-0.4, -0.2) is 23.0 Å². The fraction of sp³-hybridized carbons (Fsp3) is 0.625. The summed E-state index contributed by atoms with van der Waals surface area (Å²) in [6.45, 7) is 11.3. The molecule has 0 fully saturated rings. The predicted molar refractivity (Wildman–Crippen MR) is 84.7 cm³/mol. The van der Waals surface area contributed by atoms with Gasteiger partial charge in [0.25, 0.3) is 0 Å². The highest BCUT2D eigenvalue weighted by molar-refractivity contribution is 7.99. The van der Waals surface area contributed by atoms with Crippen molar-refractivity contribution in [1.82, 2.24) is 5.32 Å². The molecule has 0 saturated carbocycles. The topological polar surface area (TPSA) is 32.3 Å². The smallest absolute Gasteiger partial charge is 0.0736 e. The van der Waals surface area contributed by atoms with Gasteiger partial charge in [-0.05, 0) is 44.0 Å². The SMILES string of the molecule is CCNC(C)c1ccc(SCC(C)(O)C(C)C)cc1. The molecule has 108 valence electrons. The molecule has 2 unspecified atom stereocenters. The molecule has 0 aromatic heterocycles. The van der Waals surface area contributed by atoms with E-state index in [0.29, 0.717) is 6.04 Å². The first-order valence-electron chi connectivity index (χ1n) is 7.05. The van der Waals surface area contributed by atoms with Gasteiger partial charge in [0.2, 0.25) is 0 Å². The van der Waals surface area contributed by atoms with E-state index in [9.17, 15) is 5.11 Å². The Bertz CT molecular complexity index is 373. The lowest BCUT2D eigenvalue weighted by molar-refractivity contribution is 0.0376. The third kappa shape index (κ3) is 5.17. The molecule has 0 amide bonds. The molecule has 0 aliphatic rings. The van der Waals surface area contributed by atoms with Crippen LogP contribution < -0.4 is 5.32 Å². The first kappa shape index (κ1) is 16.5. The van der Waals surface area contributed by atoms with Crippen LogP contribution in [0.2, 0.25) is 0 Å². The Kier molecular flexibility index (Phi) is 6.37. The normalized spacial score (nSPS) is 16.4. The van der Waals surface area contributed by atoms with Gasteiger partial charge in [-0.3, -0.25) is 0 Å². The van der Waals surface area contributed by atoms with E-state index in [2.05, 4.69) is 57.3 Å². The molecule has 0 spiro atoms. The maximum Gasteiger partial charge on any atom is 0.0736 e. The molecule has 0 bridgehead atoms. The molecular formula is C16H27NOS. The van der Waals surface area contributed by atoms with Gasteiger partial charge in [0, 0.05) is 16.7 Å². The van der Waals surface area contributed by atoms with E-state index in [-0.39, 0.29) is 5.92 Å². The minimum atomic E-state index is -0.611. The molecule has 2 atom stereocenters. The van der Waals surface area contributed by atoms with E-state index >= 15 is 0 Å². The largest absolute Gasteiger partial charge is 0.389 e. The van der Waals surface area contributed by atoms with Crippen molar-refractivity contribution in [2.24, 2.45) is 5.92 Å². The van der Waals surface area contributed by atoms with Crippen LogP contribution in [0.25, 0.3) is 0 Å². The third-order valence-electron chi connectivity index (χ3n) is 3.67. The molecule has 0 aliphatic heterocycles. The molecule has 0 radical (unpaired) electrons. The summed E-state index contributed by atoms with van der Waals surface area (Å²) in [5.74, 6) is 1.00. The molecule has 0 heterocycles. The molecule has 0 aliphatic carbocycles. The van der Waals surface area contributed by atoms with Crippen molar-refractivity contribution in [3.8, 4) is 0 Å². The summed E-state index contributed by atoms with van der Waals surface area (Å²) in [4.78, 5) is 1.22. The van der Waals surface area contributed by atoms with Crippen LogP contribution in [-0.2, 0) is 0 Å². The Morgan fingerprint density at radius 1 is 1.21 bits per heavy atom. The fourth-order valence-electron chi connectivity index (χ4n) is 1.67. The van der Waals surface area contributed by atoms with Crippen molar-refractivity contribution in [2.45, 2.75) is 51.2 Å². The van der Waals surface area contributed by atoms with Gasteiger partial charge in [-0.2, -0.15) is 0 Å². The zero-order chi connectivity index (χ0) is 14.5. The summed E-state index contributed by atoms with van der Waals surface area (Å²) < 4.78 is 0. The van der Waals surface area contributed by atoms with E-state index in [1.807, 2.05) is 6.92 Å². The second kappa shape index (κ2) is 7.32. The van der Waals surface area contributed by atoms with Crippen LogP contribution in [0.3, 0.4) is 0 Å². The van der Waals surface area contributed by atoms with Gasteiger partial charge in [-0.1, -0.05) is 32.9 Å².